The minimum atomic E-state index is -0.563. The Morgan fingerprint density at radius 2 is 1.17 bits per heavy atom. The number of rotatable bonds is 17. The summed E-state index contributed by atoms with van der Waals surface area (Å²) in [5.74, 6) is -0.793. The van der Waals surface area contributed by atoms with E-state index >= 15 is 0 Å². The van der Waals surface area contributed by atoms with Crippen LogP contribution in [0.25, 0.3) is 0 Å². The molecule has 23 heavy (non-hydrogen) atoms. The van der Waals surface area contributed by atoms with Crippen LogP contribution in [0.1, 0.15) is 96.8 Å². The van der Waals surface area contributed by atoms with Gasteiger partial charge in [-0.25, -0.2) is 0 Å². The molecule has 0 aliphatic carbocycles. The monoisotopic (exact) mass is 328 g/mol. The first-order valence-electron chi connectivity index (χ1n) is 9.49. The van der Waals surface area contributed by atoms with Gasteiger partial charge in [-0.15, -0.1) is 0 Å². The Balaban J connectivity index is 3.15. The second-order valence-electron chi connectivity index (χ2n) is 6.35. The van der Waals surface area contributed by atoms with Gasteiger partial charge in [0.1, 0.15) is 6.61 Å². The Kier molecular flexibility index (Phi) is 16.8. The van der Waals surface area contributed by atoms with Gasteiger partial charge in [-0.1, -0.05) is 84.0 Å². The molecule has 0 radical (unpaired) electrons. The molecule has 0 atom stereocenters. The average molecular weight is 328 g/mol. The predicted octanol–water partition coefficient (Wildman–Crippen LogP) is 4.57. The Labute approximate surface area is 142 Å². The lowest BCUT2D eigenvalue weighted by Crippen LogP contribution is -2.16. The highest BCUT2D eigenvalue weighted by Gasteiger charge is 2.06. The van der Waals surface area contributed by atoms with Gasteiger partial charge < -0.3 is 9.84 Å². The maximum absolute atomic E-state index is 11.3. The summed E-state index contributed by atoms with van der Waals surface area (Å²) < 4.78 is 4.75. The molecular weight excluding hydrogens is 292 g/mol. The fourth-order valence-electron chi connectivity index (χ4n) is 2.57. The highest BCUT2D eigenvalue weighted by molar-refractivity contribution is 5.83. The number of hydrogen-bond acceptors (Lipinski definition) is 4. The van der Waals surface area contributed by atoms with Crippen molar-refractivity contribution in [1.82, 2.24) is 0 Å². The lowest BCUT2D eigenvalue weighted by atomic mass is 10.0. The van der Waals surface area contributed by atoms with Crippen molar-refractivity contribution in [3.05, 3.63) is 0 Å². The van der Waals surface area contributed by atoms with Crippen LogP contribution in [0.5, 0.6) is 0 Å². The van der Waals surface area contributed by atoms with Gasteiger partial charge in [0.25, 0.3) is 0 Å². The second-order valence-corrected chi connectivity index (χ2v) is 6.35. The molecule has 4 nitrogen and oxygen atoms in total. The maximum Gasteiger partial charge on any atom is 0.306 e. The molecule has 0 aromatic carbocycles. The fraction of sp³-hybridized carbons (Fsp3) is 0.895. The van der Waals surface area contributed by atoms with E-state index in [4.69, 9.17) is 9.84 Å². The van der Waals surface area contributed by atoms with E-state index < -0.39 is 12.4 Å². The largest absolute Gasteiger partial charge is 0.458 e. The summed E-state index contributed by atoms with van der Waals surface area (Å²) in [6.07, 6.45) is 16.9. The van der Waals surface area contributed by atoms with Crippen LogP contribution in [0, 0.1) is 0 Å². The summed E-state index contributed by atoms with van der Waals surface area (Å²) in [7, 11) is 0. The molecule has 0 saturated carbocycles. The van der Waals surface area contributed by atoms with E-state index in [0.29, 0.717) is 6.42 Å². The minimum absolute atomic E-state index is 0.298. The first-order valence-corrected chi connectivity index (χ1v) is 9.49. The summed E-state index contributed by atoms with van der Waals surface area (Å²) in [5.41, 5.74) is 0. The molecule has 0 rings (SSSR count). The summed E-state index contributed by atoms with van der Waals surface area (Å²) in [6.45, 7) is 1.39. The van der Waals surface area contributed by atoms with Crippen molar-refractivity contribution >= 4 is 11.8 Å². The number of carbonyl (C=O) groups is 2. The Morgan fingerprint density at radius 1 is 0.739 bits per heavy atom. The number of Topliss-reactive ketones (excluding diaryl/α,β-unsaturated/α-hetero) is 1. The highest BCUT2D eigenvalue weighted by Crippen LogP contribution is 2.13. The van der Waals surface area contributed by atoms with Crippen molar-refractivity contribution in [2.75, 3.05) is 13.2 Å². The molecule has 0 spiro atoms. The van der Waals surface area contributed by atoms with E-state index in [1.54, 1.807) is 0 Å². The second kappa shape index (κ2) is 17.5. The van der Waals surface area contributed by atoms with Gasteiger partial charge in [-0.2, -0.15) is 0 Å². The summed E-state index contributed by atoms with van der Waals surface area (Å²) in [4.78, 5) is 22.1. The van der Waals surface area contributed by atoms with Crippen molar-refractivity contribution < 1.29 is 19.4 Å². The molecule has 0 saturated heterocycles. The van der Waals surface area contributed by atoms with Crippen LogP contribution < -0.4 is 0 Å². The van der Waals surface area contributed by atoms with Crippen LogP contribution >= 0.6 is 0 Å². The Hall–Kier alpha value is -0.900. The lowest BCUT2D eigenvalue weighted by Gasteiger charge is -2.04. The van der Waals surface area contributed by atoms with Crippen LogP contribution in [0.4, 0.5) is 0 Å². The fourth-order valence-corrected chi connectivity index (χ4v) is 2.57. The number of aliphatic hydroxyl groups excluding tert-OH is 1. The summed E-state index contributed by atoms with van der Waals surface area (Å²) in [6, 6.07) is 0. The number of carbonyl (C=O) groups excluding carboxylic acids is 2. The van der Waals surface area contributed by atoms with Gasteiger partial charge in [0.05, 0.1) is 0 Å². The molecule has 0 unspecified atom stereocenters. The first kappa shape index (κ1) is 22.1. The average Bonchev–Trinajstić information content (AvgIpc) is 2.56. The van der Waals surface area contributed by atoms with Gasteiger partial charge >= 0.3 is 5.97 Å². The maximum atomic E-state index is 11.3. The zero-order valence-corrected chi connectivity index (χ0v) is 15.0. The third-order valence-corrected chi connectivity index (χ3v) is 4.05. The van der Waals surface area contributed by atoms with Crippen LogP contribution in [-0.2, 0) is 14.3 Å². The molecule has 0 amide bonds. The van der Waals surface area contributed by atoms with Gasteiger partial charge in [0.15, 0.2) is 12.4 Å². The SMILES string of the molecule is CCCCCCCCCCCCCCCC(=O)OCC(=O)CO. The molecule has 136 valence electrons. The topological polar surface area (TPSA) is 63.6 Å². The van der Waals surface area contributed by atoms with Crippen molar-refractivity contribution in [2.45, 2.75) is 96.8 Å². The van der Waals surface area contributed by atoms with E-state index in [1.807, 2.05) is 0 Å². The number of esters is 1. The molecule has 0 aromatic heterocycles. The standard InChI is InChI=1S/C19H36O4/c1-2-3-4-5-6-7-8-9-10-11-12-13-14-15-19(22)23-17-18(21)16-20/h20H,2-17H2,1H3. The van der Waals surface area contributed by atoms with Crippen molar-refractivity contribution in [3.8, 4) is 0 Å². The summed E-state index contributed by atoms with van der Waals surface area (Å²) >= 11 is 0. The van der Waals surface area contributed by atoms with Crippen LogP contribution in [0.15, 0.2) is 0 Å². The lowest BCUT2D eigenvalue weighted by molar-refractivity contribution is -0.148. The van der Waals surface area contributed by atoms with Gasteiger partial charge in [0.2, 0.25) is 0 Å². The summed E-state index contributed by atoms with van der Waals surface area (Å²) in [5, 5.41) is 8.51. The van der Waals surface area contributed by atoms with E-state index in [-0.39, 0.29) is 12.6 Å². The molecule has 0 heterocycles. The number of aliphatic hydroxyl groups is 1. The Bertz CT molecular complexity index is 289. The van der Waals surface area contributed by atoms with Crippen molar-refractivity contribution in [1.29, 1.82) is 0 Å². The number of hydrogen-bond donors (Lipinski definition) is 1. The third-order valence-electron chi connectivity index (χ3n) is 4.05. The molecular formula is C19H36O4. The van der Waals surface area contributed by atoms with Crippen molar-refractivity contribution in [3.63, 3.8) is 0 Å². The van der Waals surface area contributed by atoms with Gasteiger partial charge in [0, 0.05) is 6.42 Å². The molecule has 0 bridgehead atoms. The zero-order valence-electron chi connectivity index (χ0n) is 15.0. The van der Waals surface area contributed by atoms with E-state index in [0.717, 1.165) is 12.8 Å². The smallest absolute Gasteiger partial charge is 0.306 e. The molecule has 4 heteroatoms. The Morgan fingerprint density at radius 3 is 1.61 bits per heavy atom. The quantitative estimate of drug-likeness (QED) is 0.314. The number of unbranched alkanes of at least 4 members (excludes halogenated alkanes) is 12. The number of ether oxygens (including phenoxy) is 1. The zero-order chi connectivity index (χ0) is 17.2. The van der Waals surface area contributed by atoms with Crippen molar-refractivity contribution in [2.24, 2.45) is 0 Å². The molecule has 0 aliphatic heterocycles. The van der Waals surface area contributed by atoms with E-state index in [2.05, 4.69) is 6.92 Å². The highest BCUT2D eigenvalue weighted by atomic mass is 16.5. The normalized spacial score (nSPS) is 10.7. The predicted molar refractivity (Wildman–Crippen MR) is 93.4 cm³/mol. The number of ketones is 1. The molecule has 1 N–H and O–H groups in total. The van der Waals surface area contributed by atoms with Crippen LogP contribution in [-0.4, -0.2) is 30.1 Å². The van der Waals surface area contributed by atoms with Crippen LogP contribution in [0.2, 0.25) is 0 Å². The molecule has 0 aliphatic rings. The van der Waals surface area contributed by atoms with Gasteiger partial charge in [-0.3, -0.25) is 9.59 Å². The van der Waals surface area contributed by atoms with E-state index in [9.17, 15) is 9.59 Å². The van der Waals surface area contributed by atoms with E-state index in [1.165, 1.54) is 70.6 Å². The third kappa shape index (κ3) is 17.3. The first-order chi connectivity index (χ1) is 11.2. The van der Waals surface area contributed by atoms with Crippen LogP contribution in [0.3, 0.4) is 0 Å². The van der Waals surface area contributed by atoms with Gasteiger partial charge in [-0.05, 0) is 6.42 Å². The molecule has 0 fully saturated rings. The minimum Gasteiger partial charge on any atom is -0.458 e. The molecule has 0 aromatic rings.